The van der Waals surface area contributed by atoms with Crippen LogP contribution in [0, 0.1) is 18.6 Å². The number of nitrogens with zero attached hydrogens (tertiary/aromatic N) is 2. The molecule has 0 unspecified atom stereocenters. The Morgan fingerprint density at radius 2 is 1.89 bits per heavy atom. The summed E-state index contributed by atoms with van der Waals surface area (Å²) in [6.07, 6.45) is 2.93. The van der Waals surface area contributed by atoms with Crippen molar-refractivity contribution in [3.63, 3.8) is 0 Å². The quantitative estimate of drug-likeness (QED) is 0.499. The van der Waals surface area contributed by atoms with Crippen molar-refractivity contribution in [3.05, 3.63) is 69.4 Å². The van der Waals surface area contributed by atoms with Crippen molar-refractivity contribution in [2.45, 2.75) is 26.8 Å². The topological polar surface area (TPSA) is 8.17 Å². The third-order valence-corrected chi connectivity index (χ3v) is 5.60. The Bertz CT molecular complexity index is 1080. The average molecular weight is 387 g/mol. The number of rotatable bonds is 2. The minimum Gasteiger partial charge on any atom is -0.320 e. The summed E-state index contributed by atoms with van der Waals surface area (Å²) in [6.45, 7) is 5.86. The first-order chi connectivity index (χ1) is 12.8. The lowest BCUT2D eigenvalue weighted by atomic mass is 10.0. The van der Waals surface area contributed by atoms with Gasteiger partial charge < -0.3 is 9.47 Å². The highest BCUT2D eigenvalue weighted by Crippen LogP contribution is 2.34. The fourth-order valence-electron chi connectivity index (χ4n) is 3.88. The van der Waals surface area contributed by atoms with Crippen LogP contribution in [0.15, 0.2) is 30.3 Å². The minimum absolute atomic E-state index is 0.212. The van der Waals surface area contributed by atoms with E-state index < -0.39 is 11.6 Å². The second-order valence-corrected chi connectivity index (χ2v) is 7.77. The second-order valence-electron chi connectivity index (χ2n) is 7.36. The van der Waals surface area contributed by atoms with Crippen molar-refractivity contribution in [2.75, 3.05) is 13.6 Å². The van der Waals surface area contributed by atoms with Crippen molar-refractivity contribution in [1.29, 1.82) is 0 Å². The van der Waals surface area contributed by atoms with Crippen LogP contribution in [-0.2, 0) is 13.0 Å². The van der Waals surface area contributed by atoms with E-state index in [2.05, 4.69) is 41.6 Å². The Balaban J connectivity index is 1.92. The number of aromatic nitrogens is 1. The van der Waals surface area contributed by atoms with E-state index in [9.17, 15) is 8.78 Å². The molecule has 0 radical (unpaired) electrons. The number of allylic oxidation sites excluding steroid dienone is 1. The highest BCUT2D eigenvalue weighted by molar-refractivity contribution is 6.32. The first kappa shape index (κ1) is 18.2. The van der Waals surface area contributed by atoms with Crippen LogP contribution in [0.4, 0.5) is 8.78 Å². The molecule has 5 heteroatoms. The molecule has 2 aromatic carbocycles. The van der Waals surface area contributed by atoms with E-state index in [0.29, 0.717) is 5.56 Å². The highest BCUT2D eigenvalue weighted by atomic mass is 35.5. The number of halogens is 3. The van der Waals surface area contributed by atoms with Crippen LogP contribution in [-0.4, -0.2) is 23.1 Å². The molecule has 4 rings (SSSR count). The summed E-state index contributed by atoms with van der Waals surface area (Å²) in [4.78, 5) is 2.32. The normalized spacial score (nSPS) is 15.4. The Morgan fingerprint density at radius 3 is 2.67 bits per heavy atom. The molecule has 0 fully saturated rings. The lowest BCUT2D eigenvalue weighted by Gasteiger charge is -2.23. The highest BCUT2D eigenvalue weighted by Gasteiger charge is 2.22. The van der Waals surface area contributed by atoms with Crippen molar-refractivity contribution in [1.82, 2.24) is 9.47 Å². The lowest BCUT2D eigenvalue weighted by Crippen LogP contribution is -2.26. The van der Waals surface area contributed by atoms with Gasteiger partial charge in [0.15, 0.2) is 11.6 Å². The summed E-state index contributed by atoms with van der Waals surface area (Å²) in [5.74, 6) is -1.82. The summed E-state index contributed by atoms with van der Waals surface area (Å²) in [6, 6.07) is 8.64. The molecular weight excluding hydrogens is 366 g/mol. The van der Waals surface area contributed by atoms with Crippen molar-refractivity contribution < 1.29 is 8.78 Å². The average Bonchev–Trinajstić information content (AvgIpc) is 2.90. The maximum atomic E-state index is 13.7. The molecule has 0 aliphatic carbocycles. The van der Waals surface area contributed by atoms with Crippen LogP contribution < -0.4 is 0 Å². The van der Waals surface area contributed by atoms with Gasteiger partial charge in [0.2, 0.25) is 0 Å². The zero-order valence-corrected chi connectivity index (χ0v) is 16.4. The molecule has 1 aliphatic heterocycles. The molecule has 0 amide bonds. The molecule has 0 saturated heterocycles. The number of aryl methyl sites for hydroxylation is 1. The molecule has 140 valence electrons. The van der Waals surface area contributed by atoms with Crippen LogP contribution in [0.25, 0.3) is 22.7 Å². The lowest BCUT2D eigenvalue weighted by molar-refractivity contribution is 0.312. The van der Waals surface area contributed by atoms with E-state index >= 15 is 0 Å². The summed E-state index contributed by atoms with van der Waals surface area (Å²) >= 11 is 6.17. The Hall–Kier alpha value is -2.17. The predicted octanol–water partition coefficient (Wildman–Crippen LogP) is 5.89. The van der Waals surface area contributed by atoms with Gasteiger partial charge in [-0.3, -0.25) is 0 Å². The molecule has 3 aromatic rings. The van der Waals surface area contributed by atoms with Gasteiger partial charge in [-0.15, -0.1) is 0 Å². The van der Waals surface area contributed by atoms with E-state index in [1.54, 1.807) is 0 Å². The molecule has 27 heavy (non-hydrogen) atoms. The molecular formula is C22H21ClF2N2. The van der Waals surface area contributed by atoms with Gasteiger partial charge in [-0.2, -0.15) is 0 Å². The summed E-state index contributed by atoms with van der Waals surface area (Å²) in [7, 11) is 2.13. The van der Waals surface area contributed by atoms with E-state index in [1.165, 1.54) is 28.3 Å². The largest absolute Gasteiger partial charge is 0.320 e. The van der Waals surface area contributed by atoms with Gasteiger partial charge in [-0.05, 0) is 56.3 Å². The van der Waals surface area contributed by atoms with Crippen LogP contribution in [0.1, 0.15) is 29.3 Å². The molecule has 1 aromatic heterocycles. The molecule has 1 aliphatic rings. The Kier molecular flexibility index (Phi) is 4.57. The van der Waals surface area contributed by atoms with E-state index in [-0.39, 0.29) is 5.02 Å². The fraction of sp³-hybridized carbons (Fsp3) is 0.273. The maximum Gasteiger partial charge on any atom is 0.160 e. The summed E-state index contributed by atoms with van der Waals surface area (Å²) in [5.41, 5.74) is 6.25. The predicted molar refractivity (Wildman–Crippen MR) is 108 cm³/mol. The van der Waals surface area contributed by atoms with Gasteiger partial charge in [0.1, 0.15) is 0 Å². The van der Waals surface area contributed by atoms with Gasteiger partial charge in [0.25, 0.3) is 0 Å². The van der Waals surface area contributed by atoms with E-state index in [0.717, 1.165) is 36.7 Å². The molecule has 0 saturated carbocycles. The SMILES string of the molecule is C/C(=C/n1c2c(c3cc(C)ccc31)CN(C)CC2)c1cc(F)c(F)cc1Cl. The van der Waals surface area contributed by atoms with Gasteiger partial charge in [-0.25, -0.2) is 8.78 Å². The minimum atomic E-state index is -0.932. The van der Waals surface area contributed by atoms with Crippen molar-refractivity contribution in [2.24, 2.45) is 0 Å². The number of likely N-dealkylation sites (N-methyl/N-ethyl adjacent to an activating group) is 1. The number of hydrogen-bond acceptors (Lipinski definition) is 1. The molecule has 0 bridgehead atoms. The fourth-order valence-corrected chi connectivity index (χ4v) is 4.18. The zero-order chi connectivity index (χ0) is 19.3. The third-order valence-electron chi connectivity index (χ3n) is 5.29. The molecule has 2 nitrogen and oxygen atoms in total. The first-order valence-corrected chi connectivity index (χ1v) is 9.37. The zero-order valence-electron chi connectivity index (χ0n) is 15.6. The molecule has 0 spiro atoms. The van der Waals surface area contributed by atoms with Crippen LogP contribution in [0.3, 0.4) is 0 Å². The summed E-state index contributed by atoms with van der Waals surface area (Å²) in [5, 5.41) is 1.46. The summed E-state index contributed by atoms with van der Waals surface area (Å²) < 4.78 is 29.3. The van der Waals surface area contributed by atoms with E-state index in [4.69, 9.17) is 11.6 Å². The van der Waals surface area contributed by atoms with Gasteiger partial charge >= 0.3 is 0 Å². The Labute approximate surface area is 162 Å². The maximum absolute atomic E-state index is 13.7. The van der Waals surface area contributed by atoms with Crippen molar-refractivity contribution in [3.8, 4) is 0 Å². The molecule has 2 heterocycles. The Morgan fingerprint density at radius 1 is 1.15 bits per heavy atom. The van der Waals surface area contributed by atoms with Crippen LogP contribution in [0.5, 0.6) is 0 Å². The van der Waals surface area contributed by atoms with Crippen molar-refractivity contribution >= 4 is 34.3 Å². The van der Waals surface area contributed by atoms with Crippen LogP contribution in [0.2, 0.25) is 5.02 Å². The molecule has 0 N–H and O–H groups in total. The molecule has 0 atom stereocenters. The number of fused-ring (bicyclic) bond motifs is 3. The van der Waals surface area contributed by atoms with Gasteiger partial charge in [0.05, 0.1) is 10.5 Å². The second kappa shape index (κ2) is 6.77. The number of hydrogen-bond donors (Lipinski definition) is 0. The smallest absolute Gasteiger partial charge is 0.160 e. The first-order valence-electron chi connectivity index (χ1n) is 8.99. The van der Waals surface area contributed by atoms with E-state index in [1.807, 2.05) is 13.1 Å². The third kappa shape index (κ3) is 3.17. The standard InChI is InChI=1S/C22H21ClF2N2/c1-13-4-5-21-16(8-13)17-12-26(3)7-6-22(17)27(21)11-14(2)15-9-19(24)20(25)10-18(15)23/h4-5,8-11H,6-7,12H2,1-3H3/b14-11-. The number of benzene rings is 2. The van der Waals surface area contributed by atoms with Gasteiger partial charge in [-0.1, -0.05) is 23.2 Å². The monoisotopic (exact) mass is 386 g/mol. The van der Waals surface area contributed by atoms with Crippen LogP contribution >= 0.6 is 11.6 Å². The van der Waals surface area contributed by atoms with Gasteiger partial charge in [0, 0.05) is 42.4 Å².